The molecule has 2 heterocycles. The first-order chi connectivity index (χ1) is 14.3. The van der Waals surface area contributed by atoms with Crippen molar-refractivity contribution < 1.29 is 10.2 Å². The second kappa shape index (κ2) is 12.7. The van der Waals surface area contributed by atoms with Crippen molar-refractivity contribution in [2.75, 3.05) is 25.4 Å². The third kappa shape index (κ3) is 7.82. The number of nitrogen functional groups attached to an aromatic ring is 1. The molecule has 0 saturated carbocycles. The van der Waals surface area contributed by atoms with Crippen molar-refractivity contribution in [1.82, 2.24) is 19.7 Å². The molecule has 7 heteroatoms. The predicted octanol–water partition coefficient (Wildman–Crippen LogP) is 4.89. The SMILES string of the molecule is C.C/C(=C\C(C)(O)n1nc(C2C=CC(O)=CC2)nc1N)CN1CCCCCCC1.CC. The first-order valence-corrected chi connectivity index (χ1v) is 11.3. The van der Waals surface area contributed by atoms with Gasteiger partial charge in [0.05, 0.1) is 0 Å². The van der Waals surface area contributed by atoms with Gasteiger partial charge in [-0.1, -0.05) is 52.2 Å². The summed E-state index contributed by atoms with van der Waals surface area (Å²) in [5, 5.41) is 25.0. The highest BCUT2D eigenvalue weighted by Gasteiger charge is 2.27. The molecule has 2 unspecified atom stereocenters. The molecule has 2 atom stereocenters. The number of aliphatic hydroxyl groups is 2. The summed E-state index contributed by atoms with van der Waals surface area (Å²) in [6.45, 7) is 10.8. The molecule has 1 aromatic rings. The average Bonchev–Trinajstić information content (AvgIpc) is 3.08. The maximum Gasteiger partial charge on any atom is 0.221 e. The van der Waals surface area contributed by atoms with Gasteiger partial charge in [0.15, 0.2) is 11.5 Å². The van der Waals surface area contributed by atoms with Crippen LogP contribution in [0.5, 0.6) is 0 Å². The Bertz CT molecular complexity index is 756. The Morgan fingerprint density at radius 2 is 1.84 bits per heavy atom. The van der Waals surface area contributed by atoms with Gasteiger partial charge < -0.3 is 15.9 Å². The normalized spacial score (nSPS) is 22.2. The lowest BCUT2D eigenvalue weighted by Crippen LogP contribution is -2.33. The topological polar surface area (TPSA) is 100 Å². The van der Waals surface area contributed by atoms with Crippen LogP contribution in [0.25, 0.3) is 0 Å². The summed E-state index contributed by atoms with van der Waals surface area (Å²) in [5.41, 5.74) is 5.80. The van der Waals surface area contributed by atoms with E-state index >= 15 is 0 Å². The number of rotatable bonds is 5. The minimum atomic E-state index is -1.35. The van der Waals surface area contributed by atoms with Crippen LogP contribution in [0, 0.1) is 0 Å². The molecule has 176 valence electrons. The van der Waals surface area contributed by atoms with Gasteiger partial charge in [-0.05, 0) is 64.4 Å². The summed E-state index contributed by atoms with van der Waals surface area (Å²) in [7, 11) is 0. The number of hydrogen-bond acceptors (Lipinski definition) is 6. The molecule has 0 spiro atoms. The van der Waals surface area contributed by atoms with E-state index in [-0.39, 0.29) is 25.1 Å². The van der Waals surface area contributed by atoms with E-state index in [1.54, 1.807) is 19.1 Å². The molecule has 0 radical (unpaired) electrons. The molecule has 31 heavy (non-hydrogen) atoms. The quantitative estimate of drug-likeness (QED) is 0.572. The molecule has 7 nitrogen and oxygen atoms in total. The fourth-order valence-corrected chi connectivity index (χ4v) is 4.03. The van der Waals surface area contributed by atoms with Crippen molar-refractivity contribution in [1.29, 1.82) is 0 Å². The summed E-state index contributed by atoms with van der Waals surface area (Å²) in [6, 6.07) is 0. The van der Waals surface area contributed by atoms with Gasteiger partial charge in [0.1, 0.15) is 5.76 Å². The van der Waals surface area contributed by atoms with Crippen LogP contribution in [0.3, 0.4) is 0 Å². The van der Waals surface area contributed by atoms with Crippen LogP contribution in [-0.2, 0) is 5.72 Å². The van der Waals surface area contributed by atoms with Crippen LogP contribution in [0.4, 0.5) is 5.95 Å². The van der Waals surface area contributed by atoms with Gasteiger partial charge in [-0.25, -0.2) is 0 Å². The summed E-state index contributed by atoms with van der Waals surface area (Å²) in [5.74, 6) is 0.926. The van der Waals surface area contributed by atoms with Crippen molar-refractivity contribution >= 4 is 5.95 Å². The Balaban J connectivity index is 0.00000156. The van der Waals surface area contributed by atoms with Gasteiger partial charge in [0.2, 0.25) is 5.95 Å². The number of anilines is 1. The highest BCUT2D eigenvalue weighted by Crippen LogP contribution is 2.27. The van der Waals surface area contributed by atoms with Crippen molar-refractivity contribution in [3.63, 3.8) is 0 Å². The minimum absolute atomic E-state index is 0. The number of allylic oxidation sites excluding steroid dienone is 3. The van der Waals surface area contributed by atoms with Crippen molar-refractivity contribution in [3.8, 4) is 0 Å². The van der Waals surface area contributed by atoms with Crippen LogP contribution in [0.1, 0.15) is 85.4 Å². The predicted molar refractivity (Wildman–Crippen MR) is 129 cm³/mol. The fraction of sp³-hybridized carbons (Fsp3) is 0.667. The molecule has 1 aliphatic heterocycles. The number of aliphatic hydroxyl groups excluding tert-OH is 1. The zero-order valence-electron chi connectivity index (χ0n) is 19.0. The molecule has 1 aromatic heterocycles. The van der Waals surface area contributed by atoms with Crippen molar-refractivity contribution in [2.45, 2.75) is 85.3 Å². The zero-order valence-corrected chi connectivity index (χ0v) is 19.0. The maximum absolute atomic E-state index is 11.0. The van der Waals surface area contributed by atoms with Crippen molar-refractivity contribution in [3.05, 3.63) is 41.5 Å². The molecule has 0 aromatic carbocycles. The average molecular weight is 434 g/mol. The number of likely N-dealkylation sites (tertiary alicyclic amines) is 1. The van der Waals surface area contributed by atoms with Crippen LogP contribution >= 0.6 is 0 Å². The summed E-state index contributed by atoms with van der Waals surface area (Å²) in [4.78, 5) is 6.80. The van der Waals surface area contributed by atoms with Gasteiger partial charge in [-0.15, -0.1) is 0 Å². The summed E-state index contributed by atoms with van der Waals surface area (Å²) in [6.07, 6.45) is 14.1. The first-order valence-electron chi connectivity index (χ1n) is 11.3. The molecule has 1 saturated heterocycles. The Labute approximate surface area is 188 Å². The van der Waals surface area contributed by atoms with E-state index < -0.39 is 5.72 Å². The van der Waals surface area contributed by atoms with E-state index in [0.29, 0.717) is 12.2 Å². The van der Waals surface area contributed by atoms with Gasteiger partial charge in [-0.3, -0.25) is 4.90 Å². The van der Waals surface area contributed by atoms with Crippen LogP contribution in [0.2, 0.25) is 0 Å². The largest absolute Gasteiger partial charge is 0.508 e. The van der Waals surface area contributed by atoms with Gasteiger partial charge in [-0.2, -0.15) is 14.8 Å². The van der Waals surface area contributed by atoms with Gasteiger partial charge in [0, 0.05) is 12.5 Å². The van der Waals surface area contributed by atoms with E-state index in [9.17, 15) is 10.2 Å². The Kier molecular flexibility index (Phi) is 11.0. The monoisotopic (exact) mass is 433 g/mol. The molecule has 2 aliphatic rings. The highest BCUT2D eigenvalue weighted by atomic mass is 16.3. The second-order valence-electron chi connectivity index (χ2n) is 8.20. The highest BCUT2D eigenvalue weighted by molar-refractivity contribution is 5.27. The molecule has 4 N–H and O–H groups in total. The lowest BCUT2D eigenvalue weighted by molar-refractivity contribution is 0.0217. The molecule has 3 rings (SSSR count). The molecular formula is C24H43N5O2. The molecule has 0 bridgehead atoms. The third-order valence-corrected chi connectivity index (χ3v) is 5.43. The number of hydrogen-bond donors (Lipinski definition) is 3. The van der Waals surface area contributed by atoms with E-state index in [0.717, 1.165) is 25.2 Å². The Hall–Kier alpha value is -2.12. The summed E-state index contributed by atoms with van der Waals surface area (Å²) < 4.78 is 1.38. The smallest absolute Gasteiger partial charge is 0.221 e. The van der Waals surface area contributed by atoms with E-state index in [1.807, 2.05) is 32.9 Å². The standard InChI is InChI=1S/C21H33N5O2.C2H6.CH4/c1-16(15-25-12-6-4-3-5-7-13-25)14-21(2,28)26-20(22)23-19(24-26)17-8-10-18(27)11-9-17;1-2;/h8,10-11,14,17,27-28H,3-7,9,12-13,15H2,1-2H3,(H2,22,23,24);1-2H3;1H4/b16-14+;;. The Morgan fingerprint density at radius 1 is 1.23 bits per heavy atom. The number of nitrogens with two attached hydrogens (primary N) is 1. The molecule has 1 aliphatic carbocycles. The minimum Gasteiger partial charge on any atom is -0.508 e. The molecular weight excluding hydrogens is 390 g/mol. The molecule has 0 amide bonds. The van der Waals surface area contributed by atoms with E-state index in [4.69, 9.17) is 5.73 Å². The summed E-state index contributed by atoms with van der Waals surface area (Å²) >= 11 is 0. The Morgan fingerprint density at radius 3 is 2.42 bits per heavy atom. The lowest BCUT2D eigenvalue weighted by atomic mass is 10.00. The first kappa shape index (κ1) is 26.9. The second-order valence-corrected chi connectivity index (χ2v) is 8.20. The van der Waals surface area contributed by atoms with Gasteiger partial charge in [0.25, 0.3) is 0 Å². The molecule has 1 fully saturated rings. The van der Waals surface area contributed by atoms with Crippen LogP contribution < -0.4 is 5.73 Å². The van der Waals surface area contributed by atoms with E-state index in [2.05, 4.69) is 15.0 Å². The zero-order chi connectivity index (χ0) is 22.1. The van der Waals surface area contributed by atoms with E-state index in [1.165, 1.54) is 36.8 Å². The third-order valence-electron chi connectivity index (χ3n) is 5.43. The maximum atomic E-state index is 11.0. The lowest BCUT2D eigenvalue weighted by Gasteiger charge is -2.26. The van der Waals surface area contributed by atoms with Crippen LogP contribution in [0.15, 0.2) is 35.6 Å². The van der Waals surface area contributed by atoms with Crippen molar-refractivity contribution in [2.24, 2.45) is 0 Å². The number of nitrogens with zero attached hydrogens (tertiary/aromatic N) is 4. The fourth-order valence-electron chi connectivity index (χ4n) is 4.03. The van der Waals surface area contributed by atoms with Gasteiger partial charge >= 0.3 is 0 Å². The number of aromatic nitrogens is 3. The van der Waals surface area contributed by atoms with Crippen LogP contribution in [-0.4, -0.2) is 49.5 Å².